The average molecular weight is 375 g/mol. The molecule has 1 aromatic carbocycles. The van der Waals surface area contributed by atoms with Gasteiger partial charge in [0.2, 0.25) is 5.91 Å². The molecule has 0 aliphatic carbocycles. The van der Waals surface area contributed by atoms with E-state index in [1.807, 2.05) is 0 Å². The third kappa shape index (κ3) is 4.19. The fourth-order valence-corrected chi connectivity index (χ4v) is 2.90. The van der Waals surface area contributed by atoms with Crippen molar-refractivity contribution < 1.29 is 14.3 Å². The van der Waals surface area contributed by atoms with E-state index in [9.17, 15) is 9.59 Å². The van der Waals surface area contributed by atoms with E-state index in [1.165, 1.54) is 12.3 Å². The van der Waals surface area contributed by atoms with Gasteiger partial charge in [-0.3, -0.25) is 14.6 Å². The van der Waals surface area contributed by atoms with Gasteiger partial charge in [0.05, 0.1) is 22.5 Å². The summed E-state index contributed by atoms with van der Waals surface area (Å²) < 4.78 is 5.25. The van der Waals surface area contributed by atoms with Crippen molar-refractivity contribution in [3.05, 3.63) is 53.3 Å². The third-order valence-electron chi connectivity index (χ3n) is 4.23. The second kappa shape index (κ2) is 7.82. The van der Waals surface area contributed by atoms with Crippen molar-refractivity contribution in [2.75, 3.05) is 23.8 Å². The molecule has 0 saturated carbocycles. The van der Waals surface area contributed by atoms with E-state index in [4.69, 9.17) is 22.1 Å². The van der Waals surface area contributed by atoms with Gasteiger partial charge in [-0.05, 0) is 43.2 Å². The molecule has 2 heterocycles. The van der Waals surface area contributed by atoms with E-state index in [0.717, 1.165) is 0 Å². The molecule has 1 aliphatic rings. The Morgan fingerprint density at radius 1 is 1.15 bits per heavy atom. The first-order valence-corrected chi connectivity index (χ1v) is 8.55. The maximum Gasteiger partial charge on any atom is 0.257 e. The highest BCUT2D eigenvalue weighted by molar-refractivity contribution is 6.34. The van der Waals surface area contributed by atoms with Crippen molar-refractivity contribution in [1.29, 1.82) is 0 Å². The Labute approximate surface area is 155 Å². The van der Waals surface area contributed by atoms with Crippen LogP contribution in [-0.4, -0.2) is 35.6 Å². The minimum absolute atomic E-state index is 0.224. The van der Waals surface area contributed by atoms with E-state index in [1.54, 1.807) is 30.5 Å². The summed E-state index contributed by atoms with van der Waals surface area (Å²) in [7, 11) is 0. The van der Waals surface area contributed by atoms with Crippen LogP contribution in [0.15, 0.2) is 42.7 Å². The van der Waals surface area contributed by atoms with Gasteiger partial charge in [0.25, 0.3) is 5.91 Å². The number of pyridine rings is 1. The molecule has 1 aliphatic heterocycles. The fraction of sp³-hybridized carbons (Fsp3) is 0.278. The predicted octanol–water partition coefficient (Wildman–Crippen LogP) is 2.43. The highest BCUT2D eigenvalue weighted by Gasteiger charge is 2.36. The zero-order chi connectivity index (χ0) is 18.6. The second-order valence-electron chi connectivity index (χ2n) is 6.11. The van der Waals surface area contributed by atoms with Crippen LogP contribution in [0.5, 0.6) is 0 Å². The number of carbonyl (C=O) groups excluding carboxylic acids is 2. The zero-order valence-corrected chi connectivity index (χ0v) is 14.8. The number of hydrogen-bond donors (Lipinski definition) is 3. The number of carbonyl (C=O) groups is 2. The predicted molar refractivity (Wildman–Crippen MR) is 99.2 cm³/mol. The van der Waals surface area contributed by atoms with Crippen LogP contribution >= 0.6 is 11.6 Å². The van der Waals surface area contributed by atoms with Gasteiger partial charge < -0.3 is 21.1 Å². The summed E-state index contributed by atoms with van der Waals surface area (Å²) in [5, 5.41) is 5.70. The Hall–Kier alpha value is -2.48. The van der Waals surface area contributed by atoms with Crippen molar-refractivity contribution in [3.63, 3.8) is 0 Å². The lowest BCUT2D eigenvalue weighted by Crippen LogP contribution is -2.54. The fourth-order valence-electron chi connectivity index (χ4n) is 2.63. The van der Waals surface area contributed by atoms with Crippen LogP contribution in [0.3, 0.4) is 0 Å². The molecule has 136 valence electrons. The number of halogens is 1. The number of aromatic nitrogens is 1. The first-order chi connectivity index (χ1) is 12.5. The lowest BCUT2D eigenvalue weighted by molar-refractivity contribution is -0.124. The average Bonchev–Trinajstić information content (AvgIpc) is 2.63. The largest absolute Gasteiger partial charge is 0.381 e. The molecule has 4 N–H and O–H groups in total. The molecule has 1 aromatic heterocycles. The van der Waals surface area contributed by atoms with Gasteiger partial charge in [0.1, 0.15) is 5.54 Å². The standard InChI is InChI=1S/C18H19ClN4O3/c19-15-10-12(23-17(25)18(20)5-8-26-9-6-18)3-4-14(15)16(24)22-13-2-1-7-21-11-13/h1-4,7,10-11H,5-6,8-9,20H2,(H,22,24)(H,23,25). The molecule has 2 aromatic rings. The summed E-state index contributed by atoms with van der Waals surface area (Å²) >= 11 is 6.22. The number of nitrogens with two attached hydrogens (primary N) is 1. The van der Waals surface area contributed by atoms with E-state index in [2.05, 4.69) is 15.6 Å². The molecule has 7 nitrogen and oxygen atoms in total. The molecule has 1 saturated heterocycles. The Morgan fingerprint density at radius 2 is 1.92 bits per heavy atom. The Kier molecular flexibility index (Phi) is 5.51. The summed E-state index contributed by atoms with van der Waals surface area (Å²) in [5.74, 6) is -0.648. The quantitative estimate of drug-likeness (QED) is 0.762. The number of amides is 2. The molecular formula is C18H19ClN4O3. The van der Waals surface area contributed by atoms with Gasteiger partial charge in [-0.15, -0.1) is 0 Å². The molecule has 2 amide bonds. The van der Waals surface area contributed by atoms with Gasteiger partial charge in [0.15, 0.2) is 0 Å². The van der Waals surface area contributed by atoms with Gasteiger partial charge in [-0.2, -0.15) is 0 Å². The van der Waals surface area contributed by atoms with Crippen LogP contribution < -0.4 is 16.4 Å². The molecular weight excluding hydrogens is 356 g/mol. The number of hydrogen-bond acceptors (Lipinski definition) is 5. The van der Waals surface area contributed by atoms with Crippen LogP contribution in [0, 0.1) is 0 Å². The highest BCUT2D eigenvalue weighted by Crippen LogP contribution is 2.24. The Bertz CT molecular complexity index is 807. The molecule has 0 unspecified atom stereocenters. The lowest BCUT2D eigenvalue weighted by atomic mass is 9.90. The summed E-state index contributed by atoms with van der Waals surface area (Å²) in [6, 6.07) is 8.14. The maximum absolute atomic E-state index is 12.4. The summed E-state index contributed by atoms with van der Waals surface area (Å²) in [6.45, 7) is 0.913. The highest BCUT2D eigenvalue weighted by atomic mass is 35.5. The molecule has 8 heteroatoms. The molecule has 26 heavy (non-hydrogen) atoms. The number of nitrogens with one attached hydrogen (secondary N) is 2. The lowest BCUT2D eigenvalue weighted by Gasteiger charge is -2.31. The van der Waals surface area contributed by atoms with E-state index in [0.29, 0.717) is 43.0 Å². The normalized spacial score (nSPS) is 15.9. The van der Waals surface area contributed by atoms with Crippen LogP contribution in [0.1, 0.15) is 23.2 Å². The number of nitrogens with zero attached hydrogens (tertiary/aromatic N) is 1. The van der Waals surface area contributed by atoms with Crippen LogP contribution in [0.4, 0.5) is 11.4 Å². The Balaban J connectivity index is 1.69. The molecule has 0 bridgehead atoms. The number of rotatable bonds is 4. The SMILES string of the molecule is NC1(C(=O)Nc2ccc(C(=O)Nc3cccnc3)c(Cl)c2)CCOCC1. The first kappa shape index (κ1) is 18.3. The summed E-state index contributed by atoms with van der Waals surface area (Å²) in [4.78, 5) is 28.7. The van der Waals surface area contributed by atoms with Crippen LogP contribution in [-0.2, 0) is 9.53 Å². The van der Waals surface area contributed by atoms with E-state index >= 15 is 0 Å². The number of ether oxygens (including phenoxy) is 1. The van der Waals surface area contributed by atoms with Gasteiger partial charge in [-0.1, -0.05) is 11.6 Å². The topological polar surface area (TPSA) is 106 Å². The van der Waals surface area contributed by atoms with Crippen molar-refractivity contribution in [2.45, 2.75) is 18.4 Å². The molecule has 0 spiro atoms. The van der Waals surface area contributed by atoms with E-state index in [-0.39, 0.29) is 16.8 Å². The van der Waals surface area contributed by atoms with Gasteiger partial charge in [0, 0.05) is 25.1 Å². The first-order valence-electron chi connectivity index (χ1n) is 8.17. The van der Waals surface area contributed by atoms with Crippen molar-refractivity contribution in [3.8, 4) is 0 Å². The van der Waals surface area contributed by atoms with Crippen LogP contribution in [0.25, 0.3) is 0 Å². The minimum atomic E-state index is -0.957. The van der Waals surface area contributed by atoms with Crippen LogP contribution in [0.2, 0.25) is 5.02 Å². The van der Waals surface area contributed by atoms with Crippen molar-refractivity contribution in [1.82, 2.24) is 4.98 Å². The molecule has 0 atom stereocenters. The van der Waals surface area contributed by atoms with Crippen molar-refractivity contribution >= 4 is 34.8 Å². The second-order valence-corrected chi connectivity index (χ2v) is 6.52. The minimum Gasteiger partial charge on any atom is -0.381 e. The molecule has 1 fully saturated rings. The summed E-state index contributed by atoms with van der Waals surface area (Å²) in [5.41, 5.74) is 6.54. The smallest absolute Gasteiger partial charge is 0.257 e. The third-order valence-corrected chi connectivity index (χ3v) is 4.54. The maximum atomic E-state index is 12.4. The van der Waals surface area contributed by atoms with Gasteiger partial charge in [-0.25, -0.2) is 0 Å². The number of benzene rings is 1. The van der Waals surface area contributed by atoms with Crippen molar-refractivity contribution in [2.24, 2.45) is 5.73 Å². The molecule has 0 radical (unpaired) electrons. The van der Waals surface area contributed by atoms with Gasteiger partial charge >= 0.3 is 0 Å². The monoisotopic (exact) mass is 374 g/mol. The number of anilines is 2. The summed E-state index contributed by atoms with van der Waals surface area (Å²) in [6.07, 6.45) is 4.06. The molecule has 3 rings (SSSR count). The Morgan fingerprint density at radius 3 is 2.58 bits per heavy atom. The van der Waals surface area contributed by atoms with E-state index < -0.39 is 5.54 Å². The zero-order valence-electron chi connectivity index (χ0n) is 14.0.